The van der Waals surface area contributed by atoms with E-state index in [0.717, 1.165) is 27.1 Å². The average Bonchev–Trinajstić information content (AvgIpc) is 2.91. The van der Waals surface area contributed by atoms with Crippen molar-refractivity contribution in [1.82, 2.24) is 0 Å². The van der Waals surface area contributed by atoms with Crippen LogP contribution in [0.2, 0.25) is 0 Å². The molecule has 1 unspecified atom stereocenters. The van der Waals surface area contributed by atoms with Crippen LogP contribution in [0.25, 0.3) is 27.6 Å². The van der Waals surface area contributed by atoms with Crippen LogP contribution >= 0.6 is 0 Å². The van der Waals surface area contributed by atoms with Crippen molar-refractivity contribution in [2.75, 3.05) is 5.32 Å². The molecule has 4 heteroatoms. The molecule has 2 aliphatic carbocycles. The molecular weight excluding hydrogens is 446 g/mol. The number of Topliss-reactive ketones (excluding diaryl/α,β-unsaturated/α-hetero) is 1. The molecule has 0 saturated heterocycles. The Labute approximate surface area is 206 Å². The normalized spacial score (nSPS) is 16.1. The van der Waals surface area contributed by atoms with Gasteiger partial charge in [-0.1, -0.05) is 84.9 Å². The van der Waals surface area contributed by atoms with E-state index in [2.05, 4.69) is 23.5 Å². The highest BCUT2D eigenvalue weighted by Crippen LogP contribution is 2.35. The van der Waals surface area contributed by atoms with Crippen LogP contribution in [0.15, 0.2) is 97.1 Å². The Hall–Kier alpha value is -4.83. The van der Waals surface area contributed by atoms with Gasteiger partial charge in [0.25, 0.3) is 0 Å². The van der Waals surface area contributed by atoms with Gasteiger partial charge in [-0.05, 0) is 45.3 Å². The fourth-order valence-corrected chi connectivity index (χ4v) is 5.43. The summed E-state index contributed by atoms with van der Waals surface area (Å²) >= 11 is 0. The third-order valence-corrected chi connectivity index (χ3v) is 7.18. The van der Waals surface area contributed by atoms with E-state index < -0.39 is 6.04 Å². The minimum Gasteiger partial charge on any atom is -0.371 e. The Kier molecular flexibility index (Phi) is 4.33. The molecule has 36 heavy (non-hydrogen) atoms. The predicted octanol–water partition coefficient (Wildman–Crippen LogP) is 6.46. The van der Waals surface area contributed by atoms with Gasteiger partial charge in [0.05, 0.1) is 5.56 Å². The third kappa shape index (κ3) is 2.91. The molecule has 0 heterocycles. The van der Waals surface area contributed by atoms with E-state index in [1.807, 2.05) is 42.5 Å². The van der Waals surface area contributed by atoms with Gasteiger partial charge in [-0.3, -0.25) is 14.4 Å². The number of hydrogen-bond donors (Lipinski definition) is 1. The summed E-state index contributed by atoms with van der Waals surface area (Å²) in [5.74, 6) is -0.466. The molecule has 0 aromatic heterocycles. The van der Waals surface area contributed by atoms with Crippen LogP contribution in [0.5, 0.6) is 0 Å². The van der Waals surface area contributed by atoms with Gasteiger partial charge in [0.1, 0.15) is 6.04 Å². The molecule has 2 aliphatic rings. The number of anilines is 1. The van der Waals surface area contributed by atoms with Gasteiger partial charge >= 0.3 is 0 Å². The number of benzene rings is 5. The summed E-state index contributed by atoms with van der Waals surface area (Å²) < 4.78 is 0. The first-order valence-corrected chi connectivity index (χ1v) is 11.9. The Morgan fingerprint density at radius 1 is 0.583 bits per heavy atom. The Balaban J connectivity index is 1.32. The number of hydrogen-bond acceptors (Lipinski definition) is 4. The highest BCUT2D eigenvalue weighted by atomic mass is 16.1. The molecule has 0 amide bonds. The molecule has 0 saturated carbocycles. The summed E-state index contributed by atoms with van der Waals surface area (Å²) in [6, 6.07) is 27.7. The first kappa shape index (κ1) is 20.5. The number of carbonyl (C=O) groups is 3. The monoisotopic (exact) mass is 465 g/mol. The van der Waals surface area contributed by atoms with Crippen molar-refractivity contribution in [2.45, 2.75) is 6.04 Å². The highest BCUT2D eigenvalue weighted by molar-refractivity contribution is 6.30. The van der Waals surface area contributed by atoms with Gasteiger partial charge in [-0.2, -0.15) is 0 Å². The number of carbonyl (C=O) groups excluding carboxylic acids is 3. The van der Waals surface area contributed by atoms with E-state index >= 15 is 0 Å². The van der Waals surface area contributed by atoms with E-state index in [-0.39, 0.29) is 17.3 Å². The van der Waals surface area contributed by atoms with Crippen LogP contribution in [0.1, 0.15) is 47.8 Å². The van der Waals surface area contributed by atoms with Gasteiger partial charge in [-0.15, -0.1) is 0 Å². The van der Waals surface area contributed by atoms with Crippen LogP contribution in [0.3, 0.4) is 0 Å². The van der Waals surface area contributed by atoms with Crippen molar-refractivity contribution in [3.05, 3.63) is 130 Å². The second-order valence-electron chi connectivity index (χ2n) is 9.23. The molecule has 5 aromatic rings. The van der Waals surface area contributed by atoms with E-state index in [4.69, 9.17) is 0 Å². The molecule has 0 spiro atoms. The van der Waals surface area contributed by atoms with Crippen molar-refractivity contribution in [3.63, 3.8) is 0 Å². The maximum atomic E-state index is 13.8. The lowest BCUT2D eigenvalue weighted by atomic mass is 9.82. The Morgan fingerprint density at radius 2 is 1.28 bits per heavy atom. The van der Waals surface area contributed by atoms with Crippen LogP contribution in [-0.2, 0) is 0 Å². The molecule has 170 valence electrons. The van der Waals surface area contributed by atoms with Crippen LogP contribution in [0, 0.1) is 0 Å². The Morgan fingerprint density at radius 3 is 2.08 bits per heavy atom. The van der Waals surface area contributed by atoms with Gasteiger partial charge in [-0.25, -0.2) is 0 Å². The van der Waals surface area contributed by atoms with Crippen molar-refractivity contribution in [1.29, 1.82) is 0 Å². The molecule has 0 fully saturated rings. The van der Waals surface area contributed by atoms with Crippen LogP contribution in [0.4, 0.5) is 5.69 Å². The van der Waals surface area contributed by atoms with Crippen molar-refractivity contribution >= 4 is 50.7 Å². The molecule has 5 aromatic carbocycles. The summed E-state index contributed by atoms with van der Waals surface area (Å²) in [6.07, 6.45) is 3.76. The highest BCUT2D eigenvalue weighted by Gasteiger charge is 2.33. The minimum absolute atomic E-state index is 0.0685. The largest absolute Gasteiger partial charge is 0.371 e. The second-order valence-corrected chi connectivity index (χ2v) is 9.23. The topological polar surface area (TPSA) is 63.2 Å². The smallest absolute Gasteiger partial charge is 0.196 e. The van der Waals surface area contributed by atoms with E-state index in [1.165, 1.54) is 0 Å². The molecule has 1 N–H and O–H groups in total. The second kappa shape index (κ2) is 7.59. The lowest BCUT2D eigenvalue weighted by Gasteiger charge is -2.25. The number of fused-ring (bicyclic) bond motifs is 6. The average molecular weight is 466 g/mol. The molecule has 0 aliphatic heterocycles. The quantitative estimate of drug-likeness (QED) is 0.298. The summed E-state index contributed by atoms with van der Waals surface area (Å²) in [7, 11) is 0. The lowest BCUT2D eigenvalue weighted by molar-refractivity contribution is 0.0977. The predicted molar refractivity (Wildman–Crippen MR) is 142 cm³/mol. The SMILES string of the molecule is O=C1c2ccccc2C(=O)c2c(NC3C=Cc4ccc5cc6ccccc6cc5c4C3=O)cccc21. The maximum Gasteiger partial charge on any atom is 0.196 e. The summed E-state index contributed by atoms with van der Waals surface area (Å²) in [5, 5.41) is 7.38. The summed E-state index contributed by atoms with van der Waals surface area (Å²) in [5.41, 5.74) is 3.49. The molecule has 0 bridgehead atoms. The summed E-state index contributed by atoms with van der Waals surface area (Å²) in [4.78, 5) is 40.3. The number of rotatable bonds is 2. The molecular formula is C32H19NO3. The van der Waals surface area contributed by atoms with E-state index in [1.54, 1.807) is 42.5 Å². The van der Waals surface area contributed by atoms with E-state index in [0.29, 0.717) is 33.5 Å². The fourth-order valence-electron chi connectivity index (χ4n) is 5.43. The Bertz CT molecular complexity index is 1830. The van der Waals surface area contributed by atoms with Crippen LogP contribution < -0.4 is 5.32 Å². The standard InChI is InChI=1S/C32H19NO3/c34-30-22-8-3-4-9-23(22)31(35)29-24(30)10-5-11-26(29)33-27-15-14-18-12-13-21-16-19-6-1-2-7-20(19)17-25(21)28(18)32(27)36/h1-17,27,33H. The first-order chi connectivity index (χ1) is 17.6. The zero-order valence-electron chi connectivity index (χ0n) is 19.1. The van der Waals surface area contributed by atoms with E-state index in [9.17, 15) is 14.4 Å². The van der Waals surface area contributed by atoms with Gasteiger partial charge in [0.2, 0.25) is 0 Å². The maximum absolute atomic E-state index is 13.8. The molecule has 7 rings (SSSR count). The zero-order chi connectivity index (χ0) is 24.4. The fraction of sp³-hybridized carbons (Fsp3) is 0.0312. The van der Waals surface area contributed by atoms with Crippen LogP contribution in [-0.4, -0.2) is 23.4 Å². The zero-order valence-corrected chi connectivity index (χ0v) is 19.1. The lowest BCUT2D eigenvalue weighted by Crippen LogP contribution is -2.32. The van der Waals surface area contributed by atoms with Crippen molar-refractivity contribution in [2.24, 2.45) is 0 Å². The van der Waals surface area contributed by atoms with Gasteiger partial charge in [0.15, 0.2) is 17.3 Å². The van der Waals surface area contributed by atoms with Gasteiger partial charge in [0, 0.05) is 27.9 Å². The van der Waals surface area contributed by atoms with Crippen molar-refractivity contribution < 1.29 is 14.4 Å². The molecule has 1 atom stereocenters. The first-order valence-electron chi connectivity index (χ1n) is 11.9. The molecule has 4 nitrogen and oxygen atoms in total. The summed E-state index contributed by atoms with van der Waals surface area (Å²) in [6.45, 7) is 0. The van der Waals surface area contributed by atoms with Crippen molar-refractivity contribution in [3.8, 4) is 0 Å². The van der Waals surface area contributed by atoms with Gasteiger partial charge < -0.3 is 5.32 Å². The molecule has 0 radical (unpaired) electrons. The minimum atomic E-state index is -0.666. The third-order valence-electron chi connectivity index (χ3n) is 7.18. The number of nitrogens with one attached hydrogen (secondary N) is 1. The number of ketones is 3.